The summed E-state index contributed by atoms with van der Waals surface area (Å²) in [5.74, 6) is -0.418. The molecule has 1 atom stereocenters. The first-order chi connectivity index (χ1) is 12.0. The monoisotopic (exact) mass is 405 g/mol. The number of carbonyl (C=O) groups is 1. The maximum absolute atomic E-state index is 14.0. The number of hydrogen-bond donors (Lipinski definition) is 1. The smallest absolute Gasteiger partial charge is 0.275 e. The fourth-order valence-electron chi connectivity index (χ4n) is 2.35. The molecular formula is C16H13BrFN5O2. The molecule has 0 aliphatic carbocycles. The highest BCUT2D eigenvalue weighted by Gasteiger charge is 2.17. The Morgan fingerprint density at radius 2 is 2.04 bits per heavy atom. The van der Waals surface area contributed by atoms with Gasteiger partial charge in [0.2, 0.25) is 11.9 Å². The fourth-order valence-corrected chi connectivity index (χ4v) is 2.71. The number of amides is 1. The summed E-state index contributed by atoms with van der Waals surface area (Å²) in [5.41, 5.74) is -0.379. The Kier molecular flexibility index (Phi) is 4.84. The van der Waals surface area contributed by atoms with Crippen LogP contribution in [-0.2, 0) is 11.3 Å². The number of nitrogens with zero attached hydrogens (tertiary/aromatic N) is 4. The van der Waals surface area contributed by atoms with Crippen molar-refractivity contribution in [3.05, 3.63) is 57.2 Å². The molecule has 1 unspecified atom stereocenters. The van der Waals surface area contributed by atoms with Crippen LogP contribution in [0.2, 0.25) is 0 Å². The van der Waals surface area contributed by atoms with E-state index in [1.54, 1.807) is 24.3 Å². The first kappa shape index (κ1) is 17.2. The summed E-state index contributed by atoms with van der Waals surface area (Å²) in [4.78, 5) is 32.4. The number of anilines is 1. The number of alkyl halides is 1. The molecule has 0 saturated heterocycles. The van der Waals surface area contributed by atoms with Crippen LogP contribution in [0.1, 0.15) is 18.8 Å². The van der Waals surface area contributed by atoms with E-state index in [0.717, 1.165) is 4.68 Å². The third-order valence-electron chi connectivity index (χ3n) is 3.44. The molecule has 2 heterocycles. The molecule has 0 saturated carbocycles. The van der Waals surface area contributed by atoms with E-state index < -0.39 is 17.6 Å². The maximum atomic E-state index is 14.0. The lowest BCUT2D eigenvalue weighted by atomic mass is 10.1. The molecule has 3 rings (SSSR count). The van der Waals surface area contributed by atoms with Crippen molar-refractivity contribution in [2.45, 2.75) is 19.6 Å². The van der Waals surface area contributed by atoms with E-state index in [2.05, 4.69) is 36.3 Å². The molecule has 7 nitrogen and oxygen atoms in total. The zero-order valence-corrected chi connectivity index (χ0v) is 14.7. The number of benzene rings is 1. The van der Waals surface area contributed by atoms with E-state index in [1.807, 2.05) is 0 Å². The van der Waals surface area contributed by atoms with Gasteiger partial charge in [-0.3, -0.25) is 14.9 Å². The quantitative estimate of drug-likeness (QED) is 0.720. The van der Waals surface area contributed by atoms with Gasteiger partial charge in [-0.1, -0.05) is 15.9 Å². The molecule has 0 aliphatic heterocycles. The highest BCUT2D eigenvalue weighted by atomic mass is 79.9. The molecule has 9 heteroatoms. The van der Waals surface area contributed by atoms with E-state index in [-0.39, 0.29) is 18.2 Å². The minimum atomic E-state index is -1.40. The second kappa shape index (κ2) is 7.06. The van der Waals surface area contributed by atoms with Gasteiger partial charge in [0.05, 0.1) is 5.39 Å². The summed E-state index contributed by atoms with van der Waals surface area (Å²) in [6.45, 7) is 0.957. The molecule has 2 aromatic heterocycles. The van der Waals surface area contributed by atoms with Crippen LogP contribution in [-0.4, -0.2) is 25.7 Å². The average Bonchev–Trinajstić information content (AvgIpc) is 2.57. The third kappa shape index (κ3) is 3.71. The van der Waals surface area contributed by atoms with Crippen LogP contribution in [0.5, 0.6) is 0 Å². The van der Waals surface area contributed by atoms with E-state index in [9.17, 15) is 14.0 Å². The Morgan fingerprint density at radius 3 is 2.72 bits per heavy atom. The van der Waals surface area contributed by atoms with Gasteiger partial charge >= 0.3 is 0 Å². The van der Waals surface area contributed by atoms with Gasteiger partial charge < -0.3 is 0 Å². The van der Waals surface area contributed by atoms with Gasteiger partial charge in [-0.25, -0.2) is 19.0 Å². The summed E-state index contributed by atoms with van der Waals surface area (Å²) in [6, 6.07) is 6.50. The Balaban J connectivity index is 1.99. The van der Waals surface area contributed by atoms with Crippen LogP contribution in [0, 0.1) is 0 Å². The van der Waals surface area contributed by atoms with E-state index in [0.29, 0.717) is 15.2 Å². The van der Waals surface area contributed by atoms with Crippen LogP contribution < -0.4 is 10.9 Å². The molecule has 25 heavy (non-hydrogen) atoms. The summed E-state index contributed by atoms with van der Waals surface area (Å²) >= 11 is 3.30. The lowest BCUT2D eigenvalue weighted by Gasteiger charge is -2.12. The van der Waals surface area contributed by atoms with E-state index in [4.69, 9.17) is 0 Å². The third-order valence-corrected chi connectivity index (χ3v) is 3.93. The normalized spacial score (nSPS) is 12.1. The molecule has 0 aliphatic rings. The summed E-state index contributed by atoms with van der Waals surface area (Å²) in [5, 5.41) is 7.20. The molecule has 1 N–H and O–H groups in total. The van der Waals surface area contributed by atoms with Crippen molar-refractivity contribution in [3.8, 4) is 0 Å². The van der Waals surface area contributed by atoms with Crippen molar-refractivity contribution in [2.75, 3.05) is 5.32 Å². The van der Waals surface area contributed by atoms with Crippen LogP contribution in [0.3, 0.4) is 0 Å². The van der Waals surface area contributed by atoms with Gasteiger partial charge in [0, 0.05) is 22.3 Å². The Hall–Kier alpha value is -2.68. The van der Waals surface area contributed by atoms with Crippen molar-refractivity contribution in [1.82, 2.24) is 19.7 Å². The fraction of sp³-hybridized carbons (Fsp3) is 0.188. The van der Waals surface area contributed by atoms with E-state index >= 15 is 0 Å². The lowest BCUT2D eigenvalue weighted by Crippen LogP contribution is -2.31. The number of rotatable bonds is 4. The largest absolute Gasteiger partial charge is 0.293 e. The molecule has 0 fully saturated rings. The van der Waals surface area contributed by atoms with Crippen LogP contribution in [0.25, 0.3) is 10.8 Å². The molecular weight excluding hydrogens is 393 g/mol. The number of carbonyl (C=O) groups excluding carboxylic acids is 1. The van der Waals surface area contributed by atoms with Crippen LogP contribution >= 0.6 is 15.9 Å². The molecule has 1 amide bonds. The molecule has 3 aromatic rings. The number of nitrogens with one attached hydrogen (secondary N) is 1. The zero-order valence-electron chi connectivity index (χ0n) is 13.1. The first-order valence-corrected chi connectivity index (χ1v) is 8.16. The maximum Gasteiger partial charge on any atom is 0.275 e. The van der Waals surface area contributed by atoms with Crippen molar-refractivity contribution >= 4 is 38.6 Å². The van der Waals surface area contributed by atoms with Crippen LogP contribution in [0.15, 0.2) is 45.9 Å². The first-order valence-electron chi connectivity index (χ1n) is 7.37. The number of hydrogen-bond acceptors (Lipinski definition) is 5. The predicted octanol–water partition coefficient (Wildman–Crippen LogP) is 2.62. The second-order valence-electron chi connectivity index (χ2n) is 5.27. The Morgan fingerprint density at radius 1 is 1.32 bits per heavy atom. The highest BCUT2D eigenvalue weighted by Crippen LogP contribution is 2.25. The Bertz CT molecular complexity index is 991. The van der Waals surface area contributed by atoms with Gasteiger partial charge in [-0.05, 0) is 31.2 Å². The minimum absolute atomic E-state index is 0.0969. The zero-order chi connectivity index (χ0) is 18.0. The lowest BCUT2D eigenvalue weighted by molar-refractivity contribution is -0.117. The van der Waals surface area contributed by atoms with Gasteiger partial charge in [0.25, 0.3) is 5.56 Å². The van der Waals surface area contributed by atoms with E-state index in [1.165, 1.54) is 19.3 Å². The molecule has 0 radical (unpaired) electrons. The van der Waals surface area contributed by atoms with Gasteiger partial charge in [-0.15, -0.1) is 0 Å². The number of halogens is 2. The number of aromatic nitrogens is 4. The summed E-state index contributed by atoms with van der Waals surface area (Å²) in [7, 11) is 0. The SMILES string of the molecule is CC(F)c1nn(CC(=O)Nc2ncccn2)c(=O)c2ccc(Br)cc12. The topological polar surface area (TPSA) is 89.8 Å². The molecule has 0 bridgehead atoms. The van der Waals surface area contributed by atoms with Crippen molar-refractivity contribution in [2.24, 2.45) is 0 Å². The number of fused-ring (bicyclic) bond motifs is 1. The highest BCUT2D eigenvalue weighted by molar-refractivity contribution is 9.10. The predicted molar refractivity (Wildman–Crippen MR) is 93.9 cm³/mol. The van der Waals surface area contributed by atoms with Gasteiger partial charge in [0.15, 0.2) is 0 Å². The average molecular weight is 406 g/mol. The standard InChI is InChI=1S/C16H13BrFN5O2/c1-9(18)14-12-7-10(17)3-4-11(12)15(25)23(22-14)8-13(24)21-16-19-5-2-6-20-16/h2-7,9H,8H2,1H3,(H,19,20,21,24). The van der Waals surface area contributed by atoms with Crippen molar-refractivity contribution in [3.63, 3.8) is 0 Å². The molecule has 1 aromatic carbocycles. The van der Waals surface area contributed by atoms with Crippen molar-refractivity contribution in [1.29, 1.82) is 0 Å². The minimum Gasteiger partial charge on any atom is -0.293 e. The van der Waals surface area contributed by atoms with Gasteiger partial charge in [0.1, 0.15) is 18.4 Å². The Labute approximate surface area is 150 Å². The van der Waals surface area contributed by atoms with Crippen LogP contribution in [0.4, 0.5) is 10.3 Å². The van der Waals surface area contributed by atoms with Gasteiger partial charge in [-0.2, -0.15) is 5.10 Å². The summed E-state index contributed by atoms with van der Waals surface area (Å²) < 4.78 is 15.6. The van der Waals surface area contributed by atoms with Crippen molar-refractivity contribution < 1.29 is 9.18 Å². The molecule has 128 valence electrons. The summed E-state index contributed by atoms with van der Waals surface area (Å²) in [6.07, 6.45) is 1.55. The second-order valence-corrected chi connectivity index (χ2v) is 6.19. The molecule has 0 spiro atoms.